The first kappa shape index (κ1) is 27.9. The molecular formula is C24H32F5N5O2S. The molecule has 37 heavy (non-hydrogen) atoms. The fourth-order valence-electron chi connectivity index (χ4n) is 4.96. The minimum atomic E-state index is -4.21. The number of aromatic nitrogens is 4. The molecular weight excluding hydrogens is 517 g/mol. The molecule has 13 heteroatoms. The minimum absolute atomic E-state index is 0.0200. The van der Waals surface area contributed by atoms with Crippen LogP contribution in [-0.2, 0) is 31.1 Å². The van der Waals surface area contributed by atoms with E-state index in [9.17, 15) is 22.4 Å². The predicted molar refractivity (Wildman–Crippen MR) is 127 cm³/mol. The molecule has 7 nitrogen and oxygen atoms in total. The van der Waals surface area contributed by atoms with Crippen molar-refractivity contribution in [3.05, 3.63) is 22.5 Å². The van der Waals surface area contributed by atoms with Crippen molar-refractivity contribution in [2.24, 2.45) is 13.0 Å². The SMILES string of the molecule is Cn1ncc(CC(=O)CC2CCC(F)(CCN3CCc4nc(OCC(F)(F)C(F)F)sc4CC3)CC2)n1. The molecule has 1 aliphatic carbocycles. The van der Waals surface area contributed by atoms with Crippen molar-refractivity contribution < 1.29 is 31.5 Å². The maximum Gasteiger partial charge on any atom is 0.340 e. The Bertz CT molecular complexity index is 1030. The molecule has 1 saturated carbocycles. The van der Waals surface area contributed by atoms with Crippen LogP contribution in [0.4, 0.5) is 22.0 Å². The van der Waals surface area contributed by atoms with Crippen molar-refractivity contribution >= 4 is 17.1 Å². The first-order valence-electron chi connectivity index (χ1n) is 12.6. The van der Waals surface area contributed by atoms with Crippen LogP contribution in [-0.4, -0.2) is 74.9 Å². The first-order valence-corrected chi connectivity index (χ1v) is 13.4. The summed E-state index contributed by atoms with van der Waals surface area (Å²) in [5, 5.41) is 8.09. The Balaban J connectivity index is 1.17. The molecule has 0 spiro atoms. The Kier molecular flexibility index (Phi) is 8.82. The zero-order chi connectivity index (χ0) is 26.6. The van der Waals surface area contributed by atoms with Gasteiger partial charge in [-0.1, -0.05) is 11.3 Å². The van der Waals surface area contributed by atoms with E-state index in [1.807, 2.05) is 0 Å². The van der Waals surface area contributed by atoms with E-state index < -0.39 is 24.6 Å². The minimum Gasteiger partial charge on any atom is -0.463 e. The number of Topliss-reactive ketones (excluding diaryl/α,β-unsaturated/α-hetero) is 1. The number of alkyl halides is 5. The van der Waals surface area contributed by atoms with Crippen LogP contribution in [0.15, 0.2) is 6.20 Å². The molecule has 0 saturated heterocycles. The number of hydrogen-bond acceptors (Lipinski definition) is 7. The van der Waals surface area contributed by atoms with Gasteiger partial charge in [0.2, 0.25) is 0 Å². The molecule has 0 N–H and O–H groups in total. The number of hydrogen-bond donors (Lipinski definition) is 0. The zero-order valence-electron chi connectivity index (χ0n) is 20.8. The second-order valence-electron chi connectivity index (χ2n) is 10.1. The molecule has 2 aromatic heterocycles. The summed E-state index contributed by atoms with van der Waals surface area (Å²) in [6, 6.07) is 0. The van der Waals surface area contributed by atoms with E-state index in [4.69, 9.17) is 4.74 Å². The van der Waals surface area contributed by atoms with E-state index in [1.54, 1.807) is 13.2 Å². The van der Waals surface area contributed by atoms with E-state index in [1.165, 1.54) is 4.80 Å². The average Bonchev–Trinajstić information content (AvgIpc) is 3.38. The Morgan fingerprint density at radius 3 is 2.68 bits per heavy atom. The maximum absolute atomic E-state index is 15.5. The van der Waals surface area contributed by atoms with E-state index in [2.05, 4.69) is 20.1 Å². The zero-order valence-corrected chi connectivity index (χ0v) is 21.6. The summed E-state index contributed by atoms with van der Waals surface area (Å²) in [7, 11) is 1.71. The van der Waals surface area contributed by atoms with Crippen molar-refractivity contribution in [3.63, 3.8) is 0 Å². The third-order valence-electron chi connectivity index (χ3n) is 7.20. The van der Waals surface area contributed by atoms with E-state index in [0.29, 0.717) is 76.7 Å². The molecule has 0 bridgehead atoms. The van der Waals surface area contributed by atoms with E-state index in [-0.39, 0.29) is 23.3 Å². The Labute approximate surface area is 216 Å². The van der Waals surface area contributed by atoms with Crippen LogP contribution in [0.25, 0.3) is 0 Å². The number of carbonyl (C=O) groups excluding carboxylic acids is 1. The number of thiazole rings is 1. The summed E-state index contributed by atoms with van der Waals surface area (Å²) in [5.74, 6) is -3.90. The van der Waals surface area contributed by atoms with Gasteiger partial charge in [-0.25, -0.2) is 18.2 Å². The van der Waals surface area contributed by atoms with Crippen LogP contribution in [0, 0.1) is 5.92 Å². The highest BCUT2D eigenvalue weighted by atomic mass is 32.1. The lowest BCUT2D eigenvalue weighted by Crippen LogP contribution is -2.36. The first-order chi connectivity index (χ1) is 17.5. The van der Waals surface area contributed by atoms with Crippen LogP contribution < -0.4 is 4.74 Å². The average molecular weight is 550 g/mol. The predicted octanol–water partition coefficient (Wildman–Crippen LogP) is 4.44. The molecule has 0 amide bonds. The van der Waals surface area contributed by atoms with Crippen molar-refractivity contribution in [3.8, 4) is 5.19 Å². The summed E-state index contributed by atoms with van der Waals surface area (Å²) in [6.07, 6.45) is 2.40. The molecule has 2 aliphatic rings. The summed E-state index contributed by atoms with van der Waals surface area (Å²) in [6.45, 7) is 0.528. The monoisotopic (exact) mass is 549 g/mol. The van der Waals surface area contributed by atoms with Crippen LogP contribution >= 0.6 is 11.3 Å². The number of carbonyl (C=O) groups is 1. The summed E-state index contributed by atoms with van der Waals surface area (Å²) in [5.41, 5.74) is 0.142. The summed E-state index contributed by atoms with van der Waals surface area (Å²) in [4.78, 5) is 21.1. The lowest BCUT2D eigenvalue weighted by molar-refractivity contribution is -0.148. The molecule has 4 rings (SSSR count). The van der Waals surface area contributed by atoms with Crippen LogP contribution in [0.3, 0.4) is 0 Å². The van der Waals surface area contributed by atoms with Crippen LogP contribution in [0.2, 0.25) is 0 Å². The summed E-state index contributed by atoms with van der Waals surface area (Å²) >= 11 is 1.11. The number of halogens is 5. The van der Waals surface area contributed by atoms with Gasteiger partial charge in [0, 0.05) is 44.4 Å². The van der Waals surface area contributed by atoms with Gasteiger partial charge >= 0.3 is 12.3 Å². The maximum atomic E-state index is 15.5. The highest BCUT2D eigenvalue weighted by Gasteiger charge is 2.42. The molecule has 0 atom stereocenters. The topological polar surface area (TPSA) is 73.1 Å². The van der Waals surface area contributed by atoms with Crippen molar-refractivity contribution in [1.82, 2.24) is 24.9 Å². The lowest BCUT2D eigenvalue weighted by Gasteiger charge is -2.35. The second-order valence-corrected chi connectivity index (χ2v) is 11.2. The summed E-state index contributed by atoms with van der Waals surface area (Å²) < 4.78 is 71.2. The van der Waals surface area contributed by atoms with E-state index >= 15 is 4.39 Å². The van der Waals surface area contributed by atoms with Crippen LogP contribution in [0.5, 0.6) is 5.19 Å². The van der Waals surface area contributed by atoms with Gasteiger partial charge in [-0.15, -0.1) is 0 Å². The standard InChI is InChI=1S/C24H32F5N5O2S/c1-33-30-14-17(32-33)13-18(35)12-16-2-6-23(27,7-3-16)8-11-34-9-4-19-20(5-10-34)37-22(31-19)36-15-24(28,29)21(25)26/h14,16,21H,2-13,15H2,1H3. The van der Waals surface area contributed by atoms with Gasteiger partial charge in [-0.3, -0.25) is 4.79 Å². The molecule has 0 unspecified atom stereocenters. The van der Waals surface area contributed by atoms with Crippen molar-refractivity contribution in [1.29, 1.82) is 0 Å². The van der Waals surface area contributed by atoms with Gasteiger partial charge in [0.15, 0.2) is 6.61 Å². The number of nitrogens with zero attached hydrogens (tertiary/aromatic N) is 5. The molecule has 0 radical (unpaired) electrons. The molecule has 3 heterocycles. The van der Waals surface area contributed by atoms with E-state index in [0.717, 1.165) is 21.9 Å². The molecule has 0 aromatic carbocycles. The molecule has 1 aliphatic heterocycles. The van der Waals surface area contributed by atoms with Crippen LogP contribution in [0.1, 0.15) is 54.8 Å². The Morgan fingerprint density at radius 1 is 1.27 bits per heavy atom. The van der Waals surface area contributed by atoms with Gasteiger partial charge in [-0.2, -0.15) is 23.8 Å². The normalized spacial score (nSPS) is 23.2. The molecule has 1 fully saturated rings. The second kappa shape index (κ2) is 11.7. The smallest absolute Gasteiger partial charge is 0.340 e. The number of rotatable bonds is 11. The molecule has 2 aromatic rings. The fraction of sp³-hybridized carbons (Fsp3) is 0.750. The van der Waals surface area contributed by atoms with Crippen molar-refractivity contribution in [2.75, 3.05) is 26.2 Å². The number of ketones is 1. The van der Waals surface area contributed by atoms with Gasteiger partial charge in [0.1, 0.15) is 11.5 Å². The highest BCUT2D eigenvalue weighted by molar-refractivity contribution is 7.13. The molecule has 206 valence electrons. The fourth-order valence-corrected chi connectivity index (χ4v) is 5.91. The van der Waals surface area contributed by atoms with Gasteiger partial charge in [0.05, 0.1) is 24.0 Å². The van der Waals surface area contributed by atoms with Gasteiger partial charge in [0.25, 0.3) is 5.19 Å². The Hall–Kier alpha value is -2.15. The number of aryl methyl sites for hydroxylation is 1. The number of ether oxygens (including phenoxy) is 1. The van der Waals surface area contributed by atoms with Gasteiger partial charge < -0.3 is 9.64 Å². The third kappa shape index (κ3) is 7.68. The highest BCUT2D eigenvalue weighted by Crippen LogP contribution is 2.39. The Morgan fingerprint density at radius 2 is 2.00 bits per heavy atom. The lowest BCUT2D eigenvalue weighted by atomic mass is 9.76. The van der Waals surface area contributed by atoms with Crippen molar-refractivity contribution in [2.45, 2.75) is 75.8 Å². The quantitative estimate of drug-likeness (QED) is 0.386. The third-order valence-corrected chi connectivity index (χ3v) is 8.27. The van der Waals surface area contributed by atoms with Gasteiger partial charge in [-0.05, 0) is 44.4 Å². The number of fused-ring (bicyclic) bond motifs is 1. The largest absolute Gasteiger partial charge is 0.463 e.